The van der Waals surface area contributed by atoms with Crippen molar-refractivity contribution in [2.75, 3.05) is 7.11 Å². The third-order valence-corrected chi connectivity index (χ3v) is 10.3. The molecule has 1 amide bonds. The number of likely N-dealkylation sites (tertiary alicyclic amines) is 1. The van der Waals surface area contributed by atoms with Gasteiger partial charge in [0.15, 0.2) is 0 Å². The van der Waals surface area contributed by atoms with Crippen molar-refractivity contribution in [2.24, 2.45) is 29.6 Å². The molecule has 238 valence electrons. The van der Waals surface area contributed by atoms with Gasteiger partial charge in [-0.2, -0.15) is 0 Å². The van der Waals surface area contributed by atoms with Gasteiger partial charge in [-0.1, -0.05) is 64.1 Å². The van der Waals surface area contributed by atoms with E-state index in [1.807, 2.05) is 43.0 Å². The molecule has 0 aromatic heterocycles. The maximum atomic E-state index is 13.4. The second-order valence-corrected chi connectivity index (χ2v) is 13.4. The molecular weight excluding hydrogens is 554 g/mol. The molecule has 0 unspecified atom stereocenters. The van der Waals surface area contributed by atoms with Crippen LogP contribution in [0.3, 0.4) is 0 Å². The highest BCUT2D eigenvalue weighted by atomic mass is 16.5. The molecule has 0 saturated carbocycles. The van der Waals surface area contributed by atoms with Crippen LogP contribution in [0.5, 0.6) is 5.75 Å². The Kier molecular flexibility index (Phi) is 10.2. The highest BCUT2D eigenvalue weighted by Crippen LogP contribution is 2.45. The fraction of sp³-hybridized carbons (Fsp3) is 0.568. The second kappa shape index (κ2) is 13.9. The topological polar surface area (TPSA) is 96.3 Å². The van der Waals surface area contributed by atoms with Crippen LogP contribution in [0.15, 0.2) is 54.1 Å². The Balaban J connectivity index is 1.36. The van der Waals surface area contributed by atoms with Crippen LogP contribution in [-0.2, 0) is 27.5 Å². The third kappa shape index (κ3) is 6.74. The van der Waals surface area contributed by atoms with Crippen LogP contribution in [-0.4, -0.2) is 52.3 Å². The molecule has 1 aliphatic heterocycles. The number of fused-ring (bicyclic) bond motifs is 2. The number of methoxy groups -OCH3 is 1. The third-order valence-electron chi connectivity index (χ3n) is 10.3. The Labute approximate surface area is 261 Å². The predicted octanol–water partition coefficient (Wildman–Crippen LogP) is 6.34. The van der Waals surface area contributed by atoms with E-state index in [4.69, 9.17) is 9.47 Å². The van der Waals surface area contributed by atoms with E-state index in [2.05, 4.69) is 38.1 Å². The number of ether oxygens (including phenoxy) is 2. The molecule has 1 fully saturated rings. The van der Waals surface area contributed by atoms with E-state index in [0.29, 0.717) is 30.6 Å². The Morgan fingerprint density at radius 3 is 2.66 bits per heavy atom. The van der Waals surface area contributed by atoms with Crippen molar-refractivity contribution in [3.63, 3.8) is 0 Å². The van der Waals surface area contributed by atoms with E-state index in [-0.39, 0.29) is 54.8 Å². The Morgan fingerprint density at radius 2 is 1.93 bits per heavy atom. The number of amides is 1. The van der Waals surface area contributed by atoms with Crippen molar-refractivity contribution >= 4 is 22.6 Å². The van der Waals surface area contributed by atoms with Gasteiger partial charge in [0.1, 0.15) is 11.9 Å². The highest BCUT2D eigenvalue weighted by Gasteiger charge is 2.42. The number of aliphatic hydroxyl groups excluding tert-OH is 2. The zero-order valence-electron chi connectivity index (χ0n) is 26.9. The number of hydrogen-bond donors (Lipinski definition) is 2. The van der Waals surface area contributed by atoms with Gasteiger partial charge in [-0.25, -0.2) is 0 Å². The van der Waals surface area contributed by atoms with Crippen LogP contribution in [0, 0.1) is 29.6 Å². The lowest BCUT2D eigenvalue weighted by Crippen LogP contribution is -2.48. The molecule has 1 saturated heterocycles. The average molecular weight is 604 g/mol. The van der Waals surface area contributed by atoms with Gasteiger partial charge in [-0.3, -0.25) is 9.59 Å². The van der Waals surface area contributed by atoms with Crippen LogP contribution in [0.1, 0.15) is 77.3 Å². The first-order valence-corrected chi connectivity index (χ1v) is 16.4. The minimum absolute atomic E-state index is 0.0244. The summed E-state index contributed by atoms with van der Waals surface area (Å²) in [6.07, 6.45) is 9.98. The molecule has 5 rings (SSSR count). The Hall–Kier alpha value is -3.16. The van der Waals surface area contributed by atoms with E-state index in [1.165, 1.54) is 5.57 Å². The van der Waals surface area contributed by atoms with Crippen molar-refractivity contribution in [1.29, 1.82) is 0 Å². The minimum atomic E-state index is -0.640. The van der Waals surface area contributed by atoms with Gasteiger partial charge in [0.05, 0.1) is 32.2 Å². The summed E-state index contributed by atoms with van der Waals surface area (Å²) in [5.74, 6) is 1.46. The summed E-state index contributed by atoms with van der Waals surface area (Å²) < 4.78 is 11.6. The quantitative estimate of drug-likeness (QED) is 0.308. The first-order chi connectivity index (χ1) is 21.1. The summed E-state index contributed by atoms with van der Waals surface area (Å²) in [5, 5.41) is 22.5. The summed E-state index contributed by atoms with van der Waals surface area (Å²) in [6.45, 7) is 8.73. The number of nitrogens with zero attached hydrogens (tertiary/aromatic N) is 1. The molecule has 1 heterocycles. The zero-order chi connectivity index (χ0) is 31.5. The minimum Gasteiger partial charge on any atom is -0.496 e. The maximum Gasteiger partial charge on any atom is 0.308 e. The molecule has 44 heavy (non-hydrogen) atoms. The highest BCUT2D eigenvalue weighted by molar-refractivity contribution is 5.88. The number of esters is 1. The number of benzene rings is 2. The molecular formula is C37H49NO6. The Morgan fingerprint density at radius 1 is 1.14 bits per heavy atom. The normalized spacial score (nSPS) is 29.2. The van der Waals surface area contributed by atoms with E-state index in [1.54, 1.807) is 7.11 Å². The van der Waals surface area contributed by atoms with E-state index in [0.717, 1.165) is 47.6 Å². The average Bonchev–Trinajstić information content (AvgIpc) is 3.00. The van der Waals surface area contributed by atoms with Crippen molar-refractivity contribution < 1.29 is 29.3 Å². The molecule has 0 radical (unpaired) electrons. The summed E-state index contributed by atoms with van der Waals surface area (Å²) in [4.78, 5) is 28.2. The van der Waals surface area contributed by atoms with E-state index >= 15 is 0 Å². The molecule has 0 spiro atoms. The first kappa shape index (κ1) is 32.2. The molecule has 3 aliphatic rings. The van der Waals surface area contributed by atoms with Gasteiger partial charge in [0, 0.05) is 24.1 Å². The number of allylic oxidation sites excluding steroid dienone is 3. The Bertz CT molecular complexity index is 1410. The van der Waals surface area contributed by atoms with Crippen molar-refractivity contribution in [2.45, 2.75) is 97.6 Å². The van der Waals surface area contributed by atoms with Crippen LogP contribution in [0.25, 0.3) is 10.8 Å². The number of carbonyl (C=O) groups excluding carboxylic acids is 2. The van der Waals surface area contributed by atoms with Crippen molar-refractivity contribution in [3.05, 3.63) is 65.3 Å². The van der Waals surface area contributed by atoms with Crippen LogP contribution in [0.2, 0.25) is 0 Å². The number of aliphatic hydroxyl groups is 2. The first-order valence-electron chi connectivity index (χ1n) is 16.4. The van der Waals surface area contributed by atoms with Gasteiger partial charge in [0.2, 0.25) is 5.91 Å². The van der Waals surface area contributed by atoms with Crippen LogP contribution in [0.4, 0.5) is 0 Å². The van der Waals surface area contributed by atoms with Gasteiger partial charge in [0.25, 0.3) is 0 Å². The smallest absolute Gasteiger partial charge is 0.308 e. The number of hydrogen-bond acceptors (Lipinski definition) is 6. The molecule has 2 aromatic rings. The molecule has 2 N–H and O–H groups in total. The van der Waals surface area contributed by atoms with Crippen LogP contribution < -0.4 is 4.74 Å². The molecule has 2 aromatic carbocycles. The molecule has 8 atom stereocenters. The molecule has 0 bridgehead atoms. The zero-order valence-corrected chi connectivity index (χ0v) is 26.9. The lowest BCUT2D eigenvalue weighted by Gasteiger charge is -2.44. The van der Waals surface area contributed by atoms with Crippen molar-refractivity contribution in [3.8, 4) is 5.75 Å². The largest absolute Gasteiger partial charge is 0.496 e. The van der Waals surface area contributed by atoms with Gasteiger partial charge >= 0.3 is 5.97 Å². The van der Waals surface area contributed by atoms with Crippen LogP contribution >= 0.6 is 0 Å². The summed E-state index contributed by atoms with van der Waals surface area (Å²) >= 11 is 0. The van der Waals surface area contributed by atoms with Gasteiger partial charge in [-0.15, -0.1) is 0 Å². The second-order valence-electron chi connectivity index (χ2n) is 13.4. The maximum absolute atomic E-state index is 13.4. The van der Waals surface area contributed by atoms with E-state index < -0.39 is 6.10 Å². The standard InChI is InChI=1S/C37H49NO6/c1-6-23(3)37(42)44-34-16-22(2)15-27-9-7-24(4)30(36(27)34)13-11-28-18-29(40)19-35(41)38(28)20-25-8-12-31-26(17-25)10-14-33(43-5)32(31)21-39/h7-10,12,14-15,17,22-24,28-30,34,36,39-40H,6,11,13,16,18-21H2,1-5H3/t22-,23-,24-,28-,29+,30-,34-,36-/m0/s1. The summed E-state index contributed by atoms with van der Waals surface area (Å²) in [5.41, 5.74) is 3.03. The SMILES string of the molecule is CC[C@H](C)C(=O)O[C@H]1C[C@@H](C)C=C2C=C[C@H](C)[C@H](CC[C@H]3C[C@@H](O)CC(=O)N3Cc3ccc4c(CO)c(OC)ccc4c3)[C@H]21. The molecule has 7 nitrogen and oxygen atoms in total. The monoisotopic (exact) mass is 603 g/mol. The van der Waals surface area contributed by atoms with E-state index in [9.17, 15) is 19.8 Å². The number of rotatable bonds is 10. The number of piperidine rings is 1. The van der Waals surface area contributed by atoms with Gasteiger partial charge in [-0.05, 0) is 83.9 Å². The summed E-state index contributed by atoms with van der Waals surface area (Å²) in [7, 11) is 1.60. The fourth-order valence-electron chi connectivity index (χ4n) is 7.65. The summed E-state index contributed by atoms with van der Waals surface area (Å²) in [6, 6.07) is 9.85. The lowest BCUT2D eigenvalue weighted by atomic mass is 9.65. The predicted molar refractivity (Wildman–Crippen MR) is 172 cm³/mol. The molecule has 2 aliphatic carbocycles. The van der Waals surface area contributed by atoms with Crippen molar-refractivity contribution in [1.82, 2.24) is 4.90 Å². The van der Waals surface area contributed by atoms with Gasteiger partial charge < -0.3 is 24.6 Å². The fourth-order valence-corrected chi connectivity index (χ4v) is 7.65. The number of carbonyl (C=O) groups is 2. The molecule has 7 heteroatoms. The lowest BCUT2D eigenvalue weighted by molar-refractivity contribution is -0.158.